The molecule has 1 aliphatic carbocycles. The van der Waals surface area contributed by atoms with Crippen molar-refractivity contribution in [2.45, 2.75) is 52.0 Å². The molecular formula is C17H26N2O. The number of nitrogens with zero attached hydrogens (tertiary/aromatic N) is 1. The minimum Gasteiger partial charge on any atom is -0.326 e. The van der Waals surface area contributed by atoms with Gasteiger partial charge in [0.15, 0.2) is 0 Å². The Morgan fingerprint density at radius 1 is 1.20 bits per heavy atom. The standard InChI is InChI=1S/C17H26N2O/c1-2-12-19(16-10-8-14(13-18)9-11-16)17(20)15-6-4-3-5-7-15/h8-11,15H,2-7,12-13,18H2,1H3. The third kappa shape index (κ3) is 3.60. The molecule has 1 saturated carbocycles. The summed E-state index contributed by atoms with van der Waals surface area (Å²) >= 11 is 0. The van der Waals surface area contributed by atoms with Crippen LogP contribution in [0, 0.1) is 5.92 Å². The third-order valence-electron chi connectivity index (χ3n) is 4.15. The van der Waals surface area contributed by atoms with Crippen molar-refractivity contribution >= 4 is 11.6 Å². The number of hydrogen-bond acceptors (Lipinski definition) is 2. The highest BCUT2D eigenvalue weighted by atomic mass is 16.2. The minimum atomic E-state index is 0.226. The number of nitrogens with two attached hydrogens (primary N) is 1. The van der Waals surface area contributed by atoms with Crippen molar-refractivity contribution in [2.24, 2.45) is 11.7 Å². The van der Waals surface area contributed by atoms with Crippen LogP contribution in [0.2, 0.25) is 0 Å². The largest absolute Gasteiger partial charge is 0.326 e. The summed E-state index contributed by atoms with van der Waals surface area (Å²) in [6, 6.07) is 8.09. The molecule has 1 aliphatic rings. The van der Waals surface area contributed by atoms with E-state index >= 15 is 0 Å². The second-order valence-corrected chi connectivity index (χ2v) is 5.70. The summed E-state index contributed by atoms with van der Waals surface area (Å²) in [5, 5.41) is 0. The van der Waals surface area contributed by atoms with Gasteiger partial charge in [0.05, 0.1) is 0 Å². The van der Waals surface area contributed by atoms with Gasteiger partial charge in [-0.15, -0.1) is 0 Å². The molecule has 110 valence electrons. The molecule has 3 heteroatoms. The normalized spacial score (nSPS) is 16.1. The third-order valence-corrected chi connectivity index (χ3v) is 4.15. The topological polar surface area (TPSA) is 46.3 Å². The van der Waals surface area contributed by atoms with Crippen LogP contribution >= 0.6 is 0 Å². The van der Waals surface area contributed by atoms with Crippen molar-refractivity contribution in [3.63, 3.8) is 0 Å². The maximum Gasteiger partial charge on any atom is 0.230 e. The van der Waals surface area contributed by atoms with Gasteiger partial charge in [-0.25, -0.2) is 0 Å². The van der Waals surface area contributed by atoms with Crippen molar-refractivity contribution < 1.29 is 4.79 Å². The number of carbonyl (C=O) groups is 1. The van der Waals surface area contributed by atoms with Crippen molar-refractivity contribution in [3.8, 4) is 0 Å². The predicted molar refractivity (Wildman–Crippen MR) is 83.6 cm³/mol. The number of carbonyl (C=O) groups excluding carboxylic acids is 1. The molecule has 1 aromatic carbocycles. The lowest BCUT2D eigenvalue weighted by Gasteiger charge is -2.29. The Morgan fingerprint density at radius 2 is 1.85 bits per heavy atom. The average Bonchev–Trinajstić information content (AvgIpc) is 2.53. The first kappa shape index (κ1) is 15.0. The first-order valence-corrected chi connectivity index (χ1v) is 7.86. The Labute approximate surface area is 122 Å². The Morgan fingerprint density at radius 3 is 2.40 bits per heavy atom. The molecule has 0 aromatic heterocycles. The SMILES string of the molecule is CCCN(C(=O)C1CCCCC1)c1ccc(CN)cc1. The number of hydrogen-bond donors (Lipinski definition) is 1. The fraction of sp³-hybridized carbons (Fsp3) is 0.588. The summed E-state index contributed by atoms with van der Waals surface area (Å²) in [7, 11) is 0. The van der Waals surface area contributed by atoms with E-state index < -0.39 is 0 Å². The highest BCUT2D eigenvalue weighted by Gasteiger charge is 2.26. The van der Waals surface area contributed by atoms with Gasteiger partial charge in [0.25, 0.3) is 0 Å². The second-order valence-electron chi connectivity index (χ2n) is 5.70. The van der Waals surface area contributed by atoms with Crippen LogP contribution in [0.25, 0.3) is 0 Å². The monoisotopic (exact) mass is 274 g/mol. The second kappa shape index (κ2) is 7.44. The molecule has 0 bridgehead atoms. The van der Waals surface area contributed by atoms with E-state index in [9.17, 15) is 4.79 Å². The Bertz CT molecular complexity index is 421. The molecule has 0 heterocycles. The quantitative estimate of drug-likeness (QED) is 0.893. The van der Waals surface area contributed by atoms with Crippen molar-refractivity contribution in [3.05, 3.63) is 29.8 Å². The van der Waals surface area contributed by atoms with Crippen LogP contribution < -0.4 is 10.6 Å². The predicted octanol–water partition coefficient (Wildman–Crippen LogP) is 3.47. The van der Waals surface area contributed by atoms with Gasteiger partial charge >= 0.3 is 0 Å². The van der Waals surface area contributed by atoms with Crippen LogP contribution in [0.3, 0.4) is 0 Å². The molecule has 0 atom stereocenters. The molecule has 0 unspecified atom stereocenters. The molecule has 2 N–H and O–H groups in total. The van der Waals surface area contributed by atoms with Gasteiger partial charge in [-0.05, 0) is 37.0 Å². The lowest BCUT2D eigenvalue weighted by molar-refractivity contribution is -0.123. The molecule has 1 fully saturated rings. The number of rotatable bonds is 5. The molecule has 1 amide bonds. The summed E-state index contributed by atoms with van der Waals surface area (Å²) in [6.45, 7) is 3.47. The molecule has 0 aliphatic heterocycles. The van der Waals surface area contributed by atoms with Gasteiger partial charge in [0, 0.05) is 24.7 Å². The lowest BCUT2D eigenvalue weighted by atomic mass is 9.88. The van der Waals surface area contributed by atoms with E-state index in [1.807, 2.05) is 29.2 Å². The zero-order chi connectivity index (χ0) is 14.4. The zero-order valence-electron chi connectivity index (χ0n) is 12.5. The van der Waals surface area contributed by atoms with Crippen LogP contribution in [0.15, 0.2) is 24.3 Å². The molecule has 0 spiro atoms. The first-order valence-electron chi connectivity index (χ1n) is 7.86. The Balaban J connectivity index is 2.13. The van der Waals surface area contributed by atoms with E-state index in [0.29, 0.717) is 12.5 Å². The molecule has 3 nitrogen and oxygen atoms in total. The average molecular weight is 274 g/mol. The number of anilines is 1. The van der Waals surface area contributed by atoms with Crippen LogP contribution in [0.5, 0.6) is 0 Å². The minimum absolute atomic E-state index is 0.226. The van der Waals surface area contributed by atoms with E-state index in [2.05, 4.69) is 6.92 Å². The summed E-state index contributed by atoms with van der Waals surface area (Å²) in [5.74, 6) is 0.538. The fourth-order valence-corrected chi connectivity index (χ4v) is 2.97. The van der Waals surface area contributed by atoms with Crippen LogP contribution in [0.1, 0.15) is 51.0 Å². The van der Waals surface area contributed by atoms with Crippen LogP contribution in [-0.2, 0) is 11.3 Å². The van der Waals surface area contributed by atoms with Crippen LogP contribution in [-0.4, -0.2) is 12.5 Å². The van der Waals surface area contributed by atoms with E-state index in [1.54, 1.807) is 0 Å². The number of benzene rings is 1. The molecular weight excluding hydrogens is 248 g/mol. The molecule has 2 rings (SSSR count). The summed E-state index contributed by atoms with van der Waals surface area (Å²) in [4.78, 5) is 14.7. The van der Waals surface area contributed by atoms with Gasteiger partial charge < -0.3 is 10.6 Å². The highest BCUT2D eigenvalue weighted by Crippen LogP contribution is 2.27. The lowest BCUT2D eigenvalue weighted by Crippen LogP contribution is -2.37. The molecule has 0 radical (unpaired) electrons. The van der Waals surface area contributed by atoms with Gasteiger partial charge in [-0.1, -0.05) is 38.3 Å². The smallest absolute Gasteiger partial charge is 0.230 e. The maximum atomic E-state index is 12.7. The summed E-state index contributed by atoms with van der Waals surface area (Å²) < 4.78 is 0. The van der Waals surface area contributed by atoms with Crippen molar-refractivity contribution in [1.82, 2.24) is 0 Å². The van der Waals surface area contributed by atoms with Gasteiger partial charge in [-0.3, -0.25) is 4.79 Å². The maximum absolute atomic E-state index is 12.7. The summed E-state index contributed by atoms with van der Waals surface area (Å²) in [6.07, 6.45) is 6.77. The molecule has 1 aromatic rings. The van der Waals surface area contributed by atoms with Crippen molar-refractivity contribution in [1.29, 1.82) is 0 Å². The fourth-order valence-electron chi connectivity index (χ4n) is 2.97. The van der Waals surface area contributed by atoms with Gasteiger partial charge in [0.2, 0.25) is 5.91 Å². The van der Waals surface area contributed by atoms with Crippen LogP contribution in [0.4, 0.5) is 5.69 Å². The highest BCUT2D eigenvalue weighted by molar-refractivity contribution is 5.95. The van der Waals surface area contributed by atoms with E-state index in [1.165, 1.54) is 19.3 Å². The van der Waals surface area contributed by atoms with E-state index in [4.69, 9.17) is 5.73 Å². The molecule has 20 heavy (non-hydrogen) atoms. The Hall–Kier alpha value is -1.35. The van der Waals surface area contributed by atoms with Crippen molar-refractivity contribution in [2.75, 3.05) is 11.4 Å². The molecule has 0 saturated heterocycles. The zero-order valence-corrected chi connectivity index (χ0v) is 12.5. The van der Waals surface area contributed by atoms with Gasteiger partial charge in [0.1, 0.15) is 0 Å². The van der Waals surface area contributed by atoms with Gasteiger partial charge in [-0.2, -0.15) is 0 Å². The Kier molecular flexibility index (Phi) is 5.60. The van der Waals surface area contributed by atoms with E-state index in [0.717, 1.165) is 37.1 Å². The van der Waals surface area contributed by atoms with E-state index in [-0.39, 0.29) is 5.92 Å². The summed E-state index contributed by atoms with van der Waals surface area (Å²) in [5.41, 5.74) is 7.75. The number of amides is 1. The first-order chi connectivity index (χ1) is 9.76.